The topological polar surface area (TPSA) is 39.1 Å². The number of carbonyl (C=O) groups excluding carboxylic acids is 1. The summed E-state index contributed by atoms with van der Waals surface area (Å²) >= 11 is 0. The molecule has 2 aromatic carbocycles. The molecule has 1 amide bonds. The lowest BCUT2D eigenvalue weighted by Gasteiger charge is -2.34. The van der Waals surface area contributed by atoms with Gasteiger partial charge in [-0.3, -0.25) is 9.69 Å². The van der Waals surface area contributed by atoms with Crippen LogP contribution in [0.1, 0.15) is 47.2 Å². The van der Waals surface area contributed by atoms with Gasteiger partial charge in [0.05, 0.1) is 18.3 Å². The second kappa shape index (κ2) is 9.33. The molecule has 1 atom stereocenters. The largest absolute Gasteiger partial charge is 0.301 e. The molecule has 1 unspecified atom stereocenters. The van der Waals surface area contributed by atoms with Gasteiger partial charge in [-0.2, -0.15) is 5.10 Å². The number of hydrogen-bond donors (Lipinski definition) is 0. The third kappa shape index (κ3) is 4.89. The highest BCUT2D eigenvalue weighted by Crippen LogP contribution is 2.34. The molecule has 1 saturated heterocycles. The lowest BCUT2D eigenvalue weighted by molar-refractivity contribution is -0.134. The average Bonchev–Trinajstić information content (AvgIpc) is 3.20. The lowest BCUT2D eigenvalue weighted by atomic mass is 9.95. The lowest BCUT2D eigenvalue weighted by Crippen LogP contribution is -2.49. The molecular formula is C26H34N4O. The van der Waals surface area contributed by atoms with Crippen LogP contribution in [0.25, 0.3) is 0 Å². The van der Waals surface area contributed by atoms with Crippen LogP contribution >= 0.6 is 0 Å². The van der Waals surface area contributed by atoms with Crippen LogP contribution in [-0.4, -0.2) is 65.7 Å². The summed E-state index contributed by atoms with van der Waals surface area (Å²) < 4.78 is 0. The fourth-order valence-electron chi connectivity index (χ4n) is 4.62. The van der Waals surface area contributed by atoms with Crippen molar-refractivity contribution in [2.24, 2.45) is 5.10 Å². The highest BCUT2D eigenvalue weighted by molar-refractivity contribution is 6.04. The monoisotopic (exact) mass is 418 g/mol. The fraction of sp³-hybridized carbons (Fsp3) is 0.462. The molecular weight excluding hydrogens is 384 g/mol. The highest BCUT2D eigenvalue weighted by atomic mass is 16.2. The molecule has 2 heterocycles. The van der Waals surface area contributed by atoms with Crippen molar-refractivity contribution in [2.75, 3.05) is 39.3 Å². The normalized spacial score (nSPS) is 20.2. The summed E-state index contributed by atoms with van der Waals surface area (Å²) in [4.78, 5) is 18.1. The van der Waals surface area contributed by atoms with Crippen LogP contribution in [0.2, 0.25) is 0 Å². The number of hydrogen-bond acceptors (Lipinski definition) is 4. The molecule has 2 aliphatic heterocycles. The van der Waals surface area contributed by atoms with Gasteiger partial charge in [0.1, 0.15) is 0 Å². The van der Waals surface area contributed by atoms with E-state index < -0.39 is 0 Å². The molecule has 2 aliphatic rings. The van der Waals surface area contributed by atoms with E-state index in [0.29, 0.717) is 6.54 Å². The number of rotatable bonds is 5. The molecule has 4 rings (SSSR count). The van der Waals surface area contributed by atoms with Crippen LogP contribution in [0.3, 0.4) is 0 Å². The molecule has 0 bridgehead atoms. The Kier molecular flexibility index (Phi) is 6.54. The van der Waals surface area contributed by atoms with E-state index in [2.05, 4.69) is 80.0 Å². The third-order valence-electron chi connectivity index (χ3n) is 6.59. The number of likely N-dealkylation sites (N-methyl/N-ethyl adjacent to an activating group) is 1. The van der Waals surface area contributed by atoms with Crippen LogP contribution in [0.4, 0.5) is 0 Å². The first-order valence-corrected chi connectivity index (χ1v) is 11.4. The van der Waals surface area contributed by atoms with E-state index >= 15 is 0 Å². The predicted molar refractivity (Wildman–Crippen MR) is 126 cm³/mol. The molecule has 0 aromatic heterocycles. The van der Waals surface area contributed by atoms with Gasteiger partial charge in [0, 0.05) is 38.2 Å². The molecule has 0 N–H and O–H groups in total. The minimum absolute atomic E-state index is 0.0410. The van der Waals surface area contributed by atoms with E-state index in [1.54, 1.807) is 5.01 Å². The van der Waals surface area contributed by atoms with Crippen molar-refractivity contribution in [3.63, 3.8) is 0 Å². The van der Waals surface area contributed by atoms with Crippen LogP contribution in [0.5, 0.6) is 0 Å². The zero-order valence-corrected chi connectivity index (χ0v) is 19.3. The Hall–Kier alpha value is -2.50. The minimum atomic E-state index is -0.0410. The minimum Gasteiger partial charge on any atom is -0.301 e. The van der Waals surface area contributed by atoms with Gasteiger partial charge >= 0.3 is 0 Å². The van der Waals surface area contributed by atoms with Crippen molar-refractivity contribution >= 4 is 11.6 Å². The van der Waals surface area contributed by atoms with Crippen LogP contribution < -0.4 is 0 Å². The molecule has 164 valence electrons. The van der Waals surface area contributed by atoms with E-state index in [1.165, 1.54) is 16.7 Å². The van der Waals surface area contributed by atoms with Crippen LogP contribution in [0.15, 0.2) is 47.6 Å². The maximum atomic E-state index is 13.4. The number of carbonyl (C=O) groups is 1. The second-order valence-electron chi connectivity index (χ2n) is 8.94. The number of hydrazone groups is 1. The molecule has 5 heteroatoms. The van der Waals surface area contributed by atoms with Crippen molar-refractivity contribution in [3.05, 3.63) is 70.3 Å². The van der Waals surface area contributed by atoms with Crippen molar-refractivity contribution in [3.8, 4) is 0 Å². The highest BCUT2D eigenvalue weighted by Gasteiger charge is 2.34. The van der Waals surface area contributed by atoms with E-state index in [1.807, 2.05) is 0 Å². The summed E-state index contributed by atoms with van der Waals surface area (Å²) in [5.41, 5.74) is 6.99. The SMILES string of the molecule is CCN1CCN(CC(=O)N2N=C(c3ccc(C)cc3C)CC2c2ccc(C)cc2)CC1. The maximum absolute atomic E-state index is 13.4. The predicted octanol–water partition coefficient (Wildman–Crippen LogP) is 3.93. The Morgan fingerprint density at radius 3 is 2.23 bits per heavy atom. The quantitative estimate of drug-likeness (QED) is 0.739. The van der Waals surface area contributed by atoms with Gasteiger partial charge in [0.2, 0.25) is 0 Å². The summed E-state index contributed by atoms with van der Waals surface area (Å²) in [6.07, 6.45) is 0.752. The van der Waals surface area contributed by atoms with Crippen molar-refractivity contribution in [1.29, 1.82) is 0 Å². The van der Waals surface area contributed by atoms with Crippen molar-refractivity contribution in [2.45, 2.75) is 40.2 Å². The van der Waals surface area contributed by atoms with Gasteiger partial charge in [0.15, 0.2) is 0 Å². The number of aryl methyl sites for hydroxylation is 3. The van der Waals surface area contributed by atoms with Gasteiger partial charge in [-0.25, -0.2) is 5.01 Å². The van der Waals surface area contributed by atoms with Gasteiger partial charge < -0.3 is 4.90 Å². The summed E-state index contributed by atoms with van der Waals surface area (Å²) in [5.74, 6) is 0.0929. The molecule has 1 fully saturated rings. The molecule has 0 saturated carbocycles. The summed E-state index contributed by atoms with van der Waals surface area (Å²) in [7, 11) is 0. The van der Waals surface area contributed by atoms with Gasteiger partial charge in [-0.15, -0.1) is 0 Å². The first-order chi connectivity index (χ1) is 14.9. The van der Waals surface area contributed by atoms with E-state index in [9.17, 15) is 4.79 Å². The molecule has 0 spiro atoms. The first-order valence-electron chi connectivity index (χ1n) is 11.4. The zero-order valence-electron chi connectivity index (χ0n) is 19.3. The van der Waals surface area contributed by atoms with Crippen LogP contribution in [0, 0.1) is 20.8 Å². The van der Waals surface area contributed by atoms with E-state index in [4.69, 9.17) is 5.10 Å². The Balaban J connectivity index is 1.57. The Morgan fingerprint density at radius 2 is 1.58 bits per heavy atom. The zero-order chi connectivity index (χ0) is 22.0. The smallest absolute Gasteiger partial charge is 0.257 e. The maximum Gasteiger partial charge on any atom is 0.257 e. The Bertz CT molecular complexity index is 958. The summed E-state index contributed by atoms with van der Waals surface area (Å²) in [6, 6.07) is 14.9. The number of piperazine rings is 1. The average molecular weight is 419 g/mol. The molecule has 0 aliphatic carbocycles. The molecule has 0 radical (unpaired) electrons. The number of benzene rings is 2. The molecule has 31 heavy (non-hydrogen) atoms. The Morgan fingerprint density at radius 1 is 0.935 bits per heavy atom. The van der Waals surface area contributed by atoms with E-state index in [-0.39, 0.29) is 11.9 Å². The third-order valence-corrected chi connectivity index (χ3v) is 6.59. The van der Waals surface area contributed by atoms with Crippen molar-refractivity contribution < 1.29 is 4.79 Å². The van der Waals surface area contributed by atoms with Gasteiger partial charge in [-0.1, -0.05) is 60.5 Å². The summed E-state index contributed by atoms with van der Waals surface area (Å²) in [5, 5.41) is 6.64. The fourth-order valence-corrected chi connectivity index (χ4v) is 4.62. The standard InChI is InChI=1S/C26H34N4O/c1-5-28-12-14-29(15-13-28)18-26(31)30-25(22-9-6-19(2)7-10-22)17-24(27-30)23-11-8-20(3)16-21(23)4/h6-11,16,25H,5,12-15,17-18H2,1-4H3. The second-order valence-corrected chi connectivity index (χ2v) is 8.94. The number of nitrogens with zero attached hydrogens (tertiary/aromatic N) is 4. The summed E-state index contributed by atoms with van der Waals surface area (Å²) in [6.45, 7) is 14.0. The van der Waals surface area contributed by atoms with Crippen LogP contribution in [-0.2, 0) is 4.79 Å². The molecule has 5 nitrogen and oxygen atoms in total. The van der Waals surface area contributed by atoms with Crippen molar-refractivity contribution in [1.82, 2.24) is 14.8 Å². The first kappa shape index (κ1) is 21.7. The number of amides is 1. The van der Waals surface area contributed by atoms with E-state index in [0.717, 1.165) is 56.0 Å². The van der Waals surface area contributed by atoms with Gasteiger partial charge in [-0.05, 0) is 38.4 Å². The van der Waals surface area contributed by atoms with Gasteiger partial charge in [0.25, 0.3) is 5.91 Å². The molecule has 2 aromatic rings. The Labute approximate surface area is 186 Å².